The van der Waals surface area contributed by atoms with Crippen molar-refractivity contribution in [1.82, 2.24) is 0 Å². The first-order valence-corrected chi connectivity index (χ1v) is 25.6. The van der Waals surface area contributed by atoms with Gasteiger partial charge in [0, 0.05) is 19.3 Å². The molecule has 6 nitrogen and oxygen atoms in total. The van der Waals surface area contributed by atoms with E-state index >= 15 is 0 Å². The molecule has 0 amide bonds. The minimum Gasteiger partial charge on any atom is -0.462 e. The molecule has 360 valence electrons. The fraction of sp³-hybridized carbons (Fsp3) is 0.603. The Bertz CT molecular complexity index is 1390. The largest absolute Gasteiger partial charge is 0.462 e. The van der Waals surface area contributed by atoms with Gasteiger partial charge in [0.05, 0.1) is 0 Å². The Balaban J connectivity index is 4.55. The monoisotopic (exact) mass is 885 g/mol. The molecule has 0 aromatic rings. The highest BCUT2D eigenvalue weighted by Gasteiger charge is 2.19. The summed E-state index contributed by atoms with van der Waals surface area (Å²) in [6, 6.07) is 0. The summed E-state index contributed by atoms with van der Waals surface area (Å²) in [4.78, 5) is 37.9. The quantitative estimate of drug-likeness (QED) is 0.0199. The lowest BCUT2D eigenvalue weighted by atomic mass is 10.1. The molecule has 0 aliphatic rings. The van der Waals surface area contributed by atoms with Crippen LogP contribution in [0.2, 0.25) is 0 Å². The third-order valence-corrected chi connectivity index (χ3v) is 10.2. The minimum absolute atomic E-state index is 0.117. The number of carbonyl (C=O) groups excluding carboxylic acids is 3. The van der Waals surface area contributed by atoms with Crippen molar-refractivity contribution >= 4 is 17.9 Å². The van der Waals surface area contributed by atoms with Crippen LogP contribution in [0.1, 0.15) is 207 Å². The van der Waals surface area contributed by atoms with E-state index in [0.717, 1.165) is 128 Å². The molecule has 0 aliphatic heterocycles. The van der Waals surface area contributed by atoms with Crippen molar-refractivity contribution < 1.29 is 28.6 Å². The van der Waals surface area contributed by atoms with Gasteiger partial charge in [-0.1, -0.05) is 200 Å². The van der Waals surface area contributed by atoms with Crippen LogP contribution in [0.4, 0.5) is 0 Å². The molecule has 0 fully saturated rings. The lowest BCUT2D eigenvalue weighted by Gasteiger charge is -2.18. The van der Waals surface area contributed by atoms with Crippen LogP contribution < -0.4 is 0 Å². The molecule has 0 rings (SSSR count). The van der Waals surface area contributed by atoms with Crippen LogP contribution in [0.5, 0.6) is 0 Å². The summed E-state index contributed by atoms with van der Waals surface area (Å²) in [5.41, 5.74) is 0. The molecule has 1 atom stereocenters. The summed E-state index contributed by atoms with van der Waals surface area (Å²) in [7, 11) is 0. The van der Waals surface area contributed by atoms with E-state index in [1.54, 1.807) is 0 Å². The standard InChI is InChI=1S/C58H92O6/c1-4-7-10-13-16-19-22-25-27-28-29-30-32-33-36-39-42-45-48-51-57(60)63-54-55(53-62-56(59)50-47-44-41-38-35-24-21-18-15-12-9-6-3)64-58(61)52-49-46-43-40-37-34-31-26-23-20-17-14-11-8-5-2/h7,9-10,12,16-21,23,25-27,29-30,33,36,42,45,55H,4-6,8,11,13-15,22,24,28,31-32,34-35,37-41,43-44,46-54H2,1-3H3/b10-7-,12-9-,19-16-,20-17-,21-18-,26-23-,27-25-,30-29-,36-33-,45-42-. The Labute approximate surface area is 392 Å². The van der Waals surface area contributed by atoms with E-state index in [2.05, 4.69) is 130 Å². The van der Waals surface area contributed by atoms with Crippen molar-refractivity contribution in [3.8, 4) is 0 Å². The van der Waals surface area contributed by atoms with Gasteiger partial charge in [0.2, 0.25) is 0 Å². The molecule has 0 N–H and O–H groups in total. The van der Waals surface area contributed by atoms with Crippen LogP contribution in [-0.4, -0.2) is 37.2 Å². The van der Waals surface area contributed by atoms with Crippen LogP contribution in [0.3, 0.4) is 0 Å². The highest BCUT2D eigenvalue weighted by atomic mass is 16.6. The molecular weight excluding hydrogens is 793 g/mol. The predicted molar refractivity (Wildman–Crippen MR) is 274 cm³/mol. The van der Waals surface area contributed by atoms with E-state index in [-0.39, 0.29) is 37.5 Å². The molecule has 0 saturated carbocycles. The van der Waals surface area contributed by atoms with E-state index in [0.29, 0.717) is 19.3 Å². The van der Waals surface area contributed by atoms with Gasteiger partial charge in [0.15, 0.2) is 6.10 Å². The molecule has 0 spiro atoms. The number of ether oxygens (including phenoxy) is 3. The molecule has 0 saturated heterocycles. The van der Waals surface area contributed by atoms with Crippen molar-refractivity contribution in [2.45, 2.75) is 213 Å². The molecule has 0 radical (unpaired) electrons. The summed E-state index contributed by atoms with van der Waals surface area (Å²) in [5, 5.41) is 0. The van der Waals surface area contributed by atoms with E-state index < -0.39 is 6.10 Å². The number of allylic oxidation sites excluding steroid dienone is 20. The van der Waals surface area contributed by atoms with Crippen LogP contribution in [-0.2, 0) is 28.6 Å². The Morgan fingerprint density at radius 3 is 1.14 bits per heavy atom. The molecule has 0 bridgehead atoms. The van der Waals surface area contributed by atoms with E-state index in [4.69, 9.17) is 14.2 Å². The fourth-order valence-electron chi connectivity index (χ4n) is 6.44. The number of carbonyl (C=O) groups is 3. The zero-order valence-electron chi connectivity index (χ0n) is 41.0. The minimum atomic E-state index is -0.823. The van der Waals surface area contributed by atoms with Crippen molar-refractivity contribution in [3.63, 3.8) is 0 Å². The van der Waals surface area contributed by atoms with Gasteiger partial charge < -0.3 is 14.2 Å². The third kappa shape index (κ3) is 48.8. The molecule has 0 aromatic heterocycles. The molecular formula is C58H92O6. The summed E-state index contributed by atoms with van der Waals surface area (Å²) in [6.45, 7) is 6.27. The maximum Gasteiger partial charge on any atom is 0.306 e. The number of unbranched alkanes of at least 4 members (excludes halogenated alkanes) is 14. The first kappa shape index (κ1) is 59.8. The summed E-state index contributed by atoms with van der Waals surface area (Å²) in [6.07, 6.45) is 70.5. The second-order valence-electron chi connectivity index (χ2n) is 16.3. The average Bonchev–Trinajstić information content (AvgIpc) is 3.29. The average molecular weight is 885 g/mol. The van der Waals surface area contributed by atoms with Crippen LogP contribution in [0.25, 0.3) is 0 Å². The van der Waals surface area contributed by atoms with Crippen molar-refractivity contribution in [2.75, 3.05) is 13.2 Å². The zero-order chi connectivity index (χ0) is 46.5. The smallest absolute Gasteiger partial charge is 0.306 e. The zero-order valence-corrected chi connectivity index (χ0v) is 41.0. The van der Waals surface area contributed by atoms with Gasteiger partial charge in [0.1, 0.15) is 13.2 Å². The Kier molecular flexibility index (Phi) is 48.1. The summed E-state index contributed by atoms with van der Waals surface area (Å²) in [5.74, 6) is -1.04. The number of rotatable bonds is 44. The highest BCUT2D eigenvalue weighted by Crippen LogP contribution is 2.12. The topological polar surface area (TPSA) is 78.9 Å². The van der Waals surface area contributed by atoms with Crippen LogP contribution >= 0.6 is 0 Å². The lowest BCUT2D eigenvalue weighted by Crippen LogP contribution is -2.30. The van der Waals surface area contributed by atoms with Gasteiger partial charge in [-0.3, -0.25) is 14.4 Å². The molecule has 0 aromatic carbocycles. The Morgan fingerprint density at radius 2 is 0.688 bits per heavy atom. The second kappa shape index (κ2) is 51.4. The number of hydrogen-bond donors (Lipinski definition) is 0. The van der Waals surface area contributed by atoms with Gasteiger partial charge >= 0.3 is 17.9 Å². The first-order chi connectivity index (χ1) is 31.5. The van der Waals surface area contributed by atoms with E-state index in [9.17, 15) is 14.4 Å². The summed E-state index contributed by atoms with van der Waals surface area (Å²) < 4.78 is 16.7. The molecule has 64 heavy (non-hydrogen) atoms. The van der Waals surface area contributed by atoms with Crippen LogP contribution in [0, 0.1) is 0 Å². The number of esters is 3. The Morgan fingerprint density at radius 1 is 0.344 bits per heavy atom. The second-order valence-corrected chi connectivity index (χ2v) is 16.3. The fourth-order valence-corrected chi connectivity index (χ4v) is 6.44. The Hall–Kier alpha value is -4.19. The summed E-state index contributed by atoms with van der Waals surface area (Å²) >= 11 is 0. The van der Waals surface area contributed by atoms with E-state index in [1.165, 1.54) is 32.1 Å². The van der Waals surface area contributed by atoms with Crippen molar-refractivity contribution in [2.24, 2.45) is 0 Å². The van der Waals surface area contributed by atoms with Gasteiger partial charge in [-0.2, -0.15) is 0 Å². The van der Waals surface area contributed by atoms with Gasteiger partial charge in [-0.25, -0.2) is 0 Å². The SMILES string of the molecule is CC/C=C\C/C=C\C/C=C\C/C=C\C/C=C\C/C=C\CCC(=O)OCC(COC(=O)CCCCCCC/C=C\C/C=C\CC)OC(=O)CCCCCCCC/C=C\C=C/CCCCC. The molecule has 1 unspecified atom stereocenters. The molecule has 6 heteroatoms. The van der Waals surface area contributed by atoms with Gasteiger partial charge in [-0.05, 0) is 109 Å². The van der Waals surface area contributed by atoms with Crippen LogP contribution in [0.15, 0.2) is 122 Å². The van der Waals surface area contributed by atoms with E-state index in [1.807, 2.05) is 12.2 Å². The van der Waals surface area contributed by atoms with Gasteiger partial charge in [-0.15, -0.1) is 0 Å². The predicted octanol–water partition coefficient (Wildman–Crippen LogP) is 16.9. The number of hydrogen-bond acceptors (Lipinski definition) is 6. The maximum atomic E-state index is 12.8. The maximum absolute atomic E-state index is 12.8. The van der Waals surface area contributed by atoms with Crippen molar-refractivity contribution in [1.29, 1.82) is 0 Å². The molecule has 0 aliphatic carbocycles. The normalized spacial score (nSPS) is 13.1. The third-order valence-electron chi connectivity index (χ3n) is 10.2. The van der Waals surface area contributed by atoms with Crippen molar-refractivity contribution in [3.05, 3.63) is 122 Å². The van der Waals surface area contributed by atoms with Gasteiger partial charge in [0.25, 0.3) is 0 Å². The first-order valence-electron chi connectivity index (χ1n) is 25.6. The lowest BCUT2D eigenvalue weighted by molar-refractivity contribution is -0.166. The molecule has 0 heterocycles. The highest BCUT2D eigenvalue weighted by molar-refractivity contribution is 5.71.